The van der Waals surface area contributed by atoms with Crippen LogP contribution in [0.2, 0.25) is 0 Å². The number of anilines is 3. The number of sulfonamides is 1. The Kier molecular flexibility index (Phi) is 7.69. The molecule has 2 aromatic carbocycles. The molecule has 30 heavy (non-hydrogen) atoms. The number of aliphatic hydroxyl groups excluding tert-OH is 1. The molecule has 0 saturated heterocycles. The highest BCUT2D eigenvalue weighted by Gasteiger charge is 2.17. The summed E-state index contributed by atoms with van der Waals surface area (Å²) in [7, 11) is -0.714. The molecule has 4 N–H and O–H groups in total. The van der Waals surface area contributed by atoms with Crippen LogP contribution in [-0.2, 0) is 14.8 Å². The Labute approximate surface area is 173 Å². The summed E-state index contributed by atoms with van der Waals surface area (Å²) in [5.74, 6) is -0.433. The lowest BCUT2D eigenvalue weighted by atomic mass is 10.2. The van der Waals surface area contributed by atoms with E-state index in [0.29, 0.717) is 17.1 Å². The average molecular weight is 437 g/mol. The summed E-state index contributed by atoms with van der Waals surface area (Å²) < 4.78 is 25.2. The molecule has 0 radical (unpaired) electrons. The number of nitrogens with zero attached hydrogens (tertiary/aromatic N) is 2. The number of hydrogen-bond donors (Lipinski definition) is 4. The van der Waals surface area contributed by atoms with Crippen LogP contribution in [0.5, 0.6) is 0 Å². The number of benzene rings is 2. The number of carbonyl (C=O) groups excluding carboxylic acids is 1. The van der Waals surface area contributed by atoms with Crippen LogP contribution in [0.3, 0.4) is 0 Å². The molecule has 0 saturated carbocycles. The monoisotopic (exact) mass is 437 g/mol. The smallest absolute Gasteiger partial charge is 0.271 e. The highest BCUT2D eigenvalue weighted by Crippen LogP contribution is 2.27. The largest absolute Gasteiger partial charge is 0.395 e. The SMILES string of the molecule is CN(C)S(=O)(=O)c1ccc(NC(=O)CNc2cc([N+](=O)[O-])ccc2NCCO)cc1. The maximum atomic E-state index is 12.2. The van der Waals surface area contributed by atoms with Gasteiger partial charge in [-0.25, -0.2) is 12.7 Å². The quantitative estimate of drug-likeness (QED) is 0.320. The molecule has 162 valence electrons. The zero-order valence-electron chi connectivity index (χ0n) is 16.5. The first-order valence-electron chi connectivity index (χ1n) is 8.84. The van der Waals surface area contributed by atoms with Crippen molar-refractivity contribution in [2.45, 2.75) is 4.90 Å². The van der Waals surface area contributed by atoms with Crippen LogP contribution in [0.4, 0.5) is 22.7 Å². The standard InChI is InChI=1S/C18H23N5O6S/c1-22(2)30(28,29)15-6-3-13(4-7-15)21-18(25)12-20-17-11-14(23(26)27)5-8-16(17)19-9-10-24/h3-8,11,19-20,24H,9-10,12H2,1-2H3,(H,21,25). The Morgan fingerprint density at radius 3 is 2.33 bits per heavy atom. The lowest BCUT2D eigenvalue weighted by Gasteiger charge is -2.14. The number of nitro benzene ring substituents is 1. The third-order valence-corrected chi connectivity index (χ3v) is 5.83. The van der Waals surface area contributed by atoms with E-state index >= 15 is 0 Å². The minimum Gasteiger partial charge on any atom is -0.395 e. The van der Waals surface area contributed by atoms with E-state index in [1.807, 2.05) is 0 Å². The van der Waals surface area contributed by atoms with E-state index < -0.39 is 20.9 Å². The van der Waals surface area contributed by atoms with Gasteiger partial charge in [0.05, 0.1) is 34.3 Å². The van der Waals surface area contributed by atoms with E-state index in [0.717, 1.165) is 4.31 Å². The second-order valence-corrected chi connectivity index (χ2v) is 8.50. The molecule has 0 bridgehead atoms. The van der Waals surface area contributed by atoms with Crippen molar-refractivity contribution in [3.05, 3.63) is 52.6 Å². The van der Waals surface area contributed by atoms with Crippen molar-refractivity contribution in [2.75, 3.05) is 49.7 Å². The summed E-state index contributed by atoms with van der Waals surface area (Å²) in [6.07, 6.45) is 0. The summed E-state index contributed by atoms with van der Waals surface area (Å²) in [6, 6.07) is 9.79. The second-order valence-electron chi connectivity index (χ2n) is 6.35. The van der Waals surface area contributed by atoms with Crippen LogP contribution in [0.1, 0.15) is 0 Å². The van der Waals surface area contributed by atoms with Gasteiger partial charge in [0, 0.05) is 38.5 Å². The number of nitrogens with one attached hydrogen (secondary N) is 3. The molecule has 0 aromatic heterocycles. The Morgan fingerprint density at radius 1 is 1.10 bits per heavy atom. The summed E-state index contributed by atoms with van der Waals surface area (Å²) in [4.78, 5) is 22.8. The molecule has 0 fully saturated rings. The van der Waals surface area contributed by atoms with Gasteiger partial charge in [0.25, 0.3) is 5.69 Å². The van der Waals surface area contributed by atoms with Gasteiger partial charge in [-0.3, -0.25) is 14.9 Å². The number of nitro groups is 1. The number of hydrogen-bond acceptors (Lipinski definition) is 8. The van der Waals surface area contributed by atoms with Crippen molar-refractivity contribution < 1.29 is 23.2 Å². The van der Waals surface area contributed by atoms with Crippen molar-refractivity contribution in [3.63, 3.8) is 0 Å². The van der Waals surface area contributed by atoms with Gasteiger partial charge in [-0.15, -0.1) is 0 Å². The van der Waals surface area contributed by atoms with E-state index in [9.17, 15) is 23.3 Å². The number of non-ortho nitro benzene ring substituents is 1. The fraction of sp³-hybridized carbons (Fsp3) is 0.278. The van der Waals surface area contributed by atoms with Gasteiger partial charge in [-0.2, -0.15) is 0 Å². The number of amides is 1. The van der Waals surface area contributed by atoms with Gasteiger partial charge in [-0.05, 0) is 30.3 Å². The van der Waals surface area contributed by atoms with Crippen molar-refractivity contribution in [1.29, 1.82) is 0 Å². The van der Waals surface area contributed by atoms with Crippen molar-refractivity contribution in [3.8, 4) is 0 Å². The molecule has 0 spiro atoms. The van der Waals surface area contributed by atoms with Gasteiger partial charge in [-0.1, -0.05) is 0 Å². The zero-order valence-corrected chi connectivity index (χ0v) is 17.3. The molecule has 12 heteroatoms. The Hall–Kier alpha value is -3.22. The molecule has 0 aliphatic rings. The first kappa shape index (κ1) is 23.1. The van der Waals surface area contributed by atoms with Crippen LogP contribution in [0, 0.1) is 10.1 Å². The highest BCUT2D eigenvalue weighted by atomic mass is 32.2. The molecule has 11 nitrogen and oxygen atoms in total. The van der Waals surface area contributed by atoms with E-state index in [1.165, 1.54) is 56.6 Å². The fourth-order valence-electron chi connectivity index (χ4n) is 2.44. The fourth-order valence-corrected chi connectivity index (χ4v) is 3.34. The predicted molar refractivity (Wildman–Crippen MR) is 113 cm³/mol. The molecule has 0 aliphatic carbocycles. The zero-order chi connectivity index (χ0) is 22.3. The predicted octanol–water partition coefficient (Wildman–Crippen LogP) is 1.30. The third-order valence-electron chi connectivity index (χ3n) is 4.00. The van der Waals surface area contributed by atoms with E-state index in [4.69, 9.17) is 5.11 Å². The van der Waals surface area contributed by atoms with E-state index in [-0.39, 0.29) is 30.3 Å². The first-order chi connectivity index (χ1) is 14.1. The summed E-state index contributed by atoms with van der Waals surface area (Å²) in [6.45, 7) is -0.0793. The Balaban J connectivity index is 2.05. The maximum absolute atomic E-state index is 12.2. The minimum atomic E-state index is -3.56. The van der Waals surface area contributed by atoms with Crippen LogP contribution in [-0.4, -0.2) is 62.5 Å². The topological polar surface area (TPSA) is 154 Å². The Bertz CT molecular complexity index is 1010. The summed E-state index contributed by atoms with van der Waals surface area (Å²) in [5.41, 5.74) is 1.09. The third kappa shape index (κ3) is 5.89. The lowest BCUT2D eigenvalue weighted by Crippen LogP contribution is -2.23. The van der Waals surface area contributed by atoms with Gasteiger partial charge >= 0.3 is 0 Å². The average Bonchev–Trinajstić information content (AvgIpc) is 2.71. The van der Waals surface area contributed by atoms with Crippen molar-refractivity contribution in [1.82, 2.24) is 4.31 Å². The molecule has 2 rings (SSSR count). The maximum Gasteiger partial charge on any atom is 0.271 e. The summed E-state index contributed by atoms with van der Waals surface area (Å²) >= 11 is 0. The lowest BCUT2D eigenvalue weighted by molar-refractivity contribution is -0.384. The van der Waals surface area contributed by atoms with Crippen molar-refractivity contribution >= 4 is 38.7 Å². The van der Waals surface area contributed by atoms with Crippen LogP contribution >= 0.6 is 0 Å². The van der Waals surface area contributed by atoms with E-state index in [1.54, 1.807) is 0 Å². The van der Waals surface area contributed by atoms with Gasteiger partial charge in [0.1, 0.15) is 0 Å². The second kappa shape index (κ2) is 10.0. The summed E-state index contributed by atoms with van der Waals surface area (Å²) in [5, 5.41) is 28.3. The number of aliphatic hydroxyl groups is 1. The van der Waals surface area contributed by atoms with Gasteiger partial charge < -0.3 is 21.1 Å². The van der Waals surface area contributed by atoms with Crippen LogP contribution in [0.25, 0.3) is 0 Å². The van der Waals surface area contributed by atoms with Crippen molar-refractivity contribution in [2.24, 2.45) is 0 Å². The number of rotatable bonds is 10. The normalized spacial score (nSPS) is 11.2. The number of carbonyl (C=O) groups is 1. The molecule has 1 amide bonds. The molecular weight excluding hydrogens is 414 g/mol. The van der Waals surface area contributed by atoms with Crippen LogP contribution < -0.4 is 16.0 Å². The van der Waals surface area contributed by atoms with Gasteiger partial charge in [0.2, 0.25) is 15.9 Å². The molecule has 2 aromatic rings. The first-order valence-corrected chi connectivity index (χ1v) is 10.3. The molecule has 0 unspecified atom stereocenters. The Morgan fingerprint density at radius 2 is 1.77 bits per heavy atom. The van der Waals surface area contributed by atoms with Gasteiger partial charge in [0.15, 0.2) is 0 Å². The molecule has 0 atom stereocenters. The molecule has 0 heterocycles. The molecular formula is C18H23N5O6S. The van der Waals surface area contributed by atoms with E-state index in [2.05, 4.69) is 16.0 Å². The van der Waals surface area contributed by atoms with Crippen LogP contribution in [0.15, 0.2) is 47.4 Å². The minimum absolute atomic E-state index is 0.0971. The highest BCUT2D eigenvalue weighted by molar-refractivity contribution is 7.89. The molecule has 0 aliphatic heterocycles.